The van der Waals surface area contributed by atoms with Gasteiger partial charge >= 0.3 is 0 Å². The molecule has 1 unspecified atom stereocenters. The van der Waals surface area contributed by atoms with E-state index in [1.54, 1.807) is 24.1 Å². The lowest BCUT2D eigenvalue weighted by Gasteiger charge is -2.27. The molecule has 0 radical (unpaired) electrons. The molecule has 1 aliphatic rings. The summed E-state index contributed by atoms with van der Waals surface area (Å²) in [4.78, 5) is 31.5. The van der Waals surface area contributed by atoms with E-state index >= 15 is 0 Å². The molecule has 1 atom stereocenters. The van der Waals surface area contributed by atoms with Gasteiger partial charge in [0.1, 0.15) is 5.58 Å². The summed E-state index contributed by atoms with van der Waals surface area (Å²) in [7, 11) is 1.57. The highest BCUT2D eigenvalue weighted by atomic mass is 35.5. The van der Waals surface area contributed by atoms with Gasteiger partial charge in [-0.3, -0.25) is 9.59 Å². The normalized spacial score (nSPS) is 15.1. The van der Waals surface area contributed by atoms with E-state index in [1.165, 1.54) is 0 Å². The van der Waals surface area contributed by atoms with E-state index in [-0.39, 0.29) is 17.1 Å². The van der Waals surface area contributed by atoms with Crippen molar-refractivity contribution >= 4 is 28.5 Å². The highest BCUT2D eigenvalue weighted by molar-refractivity contribution is 6.32. The number of rotatable bonds is 10. The number of ether oxygens (including phenoxy) is 2. The average molecular weight is 513 g/mol. The van der Waals surface area contributed by atoms with Crippen molar-refractivity contribution in [1.82, 2.24) is 9.80 Å². The number of halogens is 1. The van der Waals surface area contributed by atoms with Crippen LogP contribution in [0.1, 0.15) is 60.5 Å². The van der Waals surface area contributed by atoms with Gasteiger partial charge in [-0.25, -0.2) is 0 Å². The lowest BCUT2D eigenvalue weighted by molar-refractivity contribution is 0.0720. The molecule has 1 aliphatic heterocycles. The molecule has 3 aromatic rings. The summed E-state index contributed by atoms with van der Waals surface area (Å²) < 4.78 is 17.3. The quantitative estimate of drug-likeness (QED) is 0.360. The smallest absolute Gasteiger partial charge is 0.290 e. The minimum atomic E-state index is -0.602. The van der Waals surface area contributed by atoms with Crippen LogP contribution >= 0.6 is 11.6 Å². The predicted molar refractivity (Wildman–Crippen MR) is 142 cm³/mol. The summed E-state index contributed by atoms with van der Waals surface area (Å²) in [5, 5.41) is 0.847. The molecule has 1 aromatic heterocycles. The fraction of sp³-hybridized carbons (Fsp3) is 0.429. The zero-order valence-corrected chi connectivity index (χ0v) is 22.3. The third-order valence-electron chi connectivity index (χ3n) is 6.82. The van der Waals surface area contributed by atoms with E-state index in [1.807, 2.05) is 32.0 Å². The van der Waals surface area contributed by atoms with Crippen LogP contribution in [0, 0.1) is 6.92 Å². The van der Waals surface area contributed by atoms with Crippen LogP contribution in [0.25, 0.3) is 11.0 Å². The first-order valence-electron chi connectivity index (χ1n) is 12.4. The first kappa shape index (κ1) is 26.0. The lowest BCUT2D eigenvalue weighted by atomic mass is 9.97. The van der Waals surface area contributed by atoms with E-state index in [4.69, 9.17) is 25.5 Å². The summed E-state index contributed by atoms with van der Waals surface area (Å²) in [5.41, 5.74) is 1.99. The van der Waals surface area contributed by atoms with Gasteiger partial charge in [0, 0.05) is 11.6 Å². The molecule has 0 bridgehead atoms. The summed E-state index contributed by atoms with van der Waals surface area (Å²) in [6.45, 7) is 11.7. The molecule has 0 aliphatic carbocycles. The summed E-state index contributed by atoms with van der Waals surface area (Å²) in [6.07, 6.45) is 0.769. The van der Waals surface area contributed by atoms with Crippen LogP contribution in [-0.4, -0.2) is 55.6 Å². The summed E-state index contributed by atoms with van der Waals surface area (Å²) in [6, 6.07) is 8.27. The van der Waals surface area contributed by atoms with Crippen molar-refractivity contribution in [3.63, 3.8) is 0 Å². The van der Waals surface area contributed by atoms with Crippen molar-refractivity contribution in [2.75, 3.05) is 39.9 Å². The monoisotopic (exact) mass is 512 g/mol. The summed E-state index contributed by atoms with van der Waals surface area (Å²) >= 11 is 6.34. The van der Waals surface area contributed by atoms with Gasteiger partial charge in [-0.2, -0.15) is 0 Å². The highest BCUT2D eigenvalue weighted by Crippen LogP contribution is 2.41. The SMILES string of the molecule is CCOc1ccc(C2c3c(oc4cc(C)c(Cl)cc4c3=O)C(=O)N2CCCN(CC)CC)cc1OC. The number of nitrogens with zero attached hydrogens (tertiary/aromatic N) is 2. The number of fused-ring (bicyclic) bond motifs is 2. The van der Waals surface area contributed by atoms with Crippen LogP contribution in [0.3, 0.4) is 0 Å². The molecule has 36 heavy (non-hydrogen) atoms. The maximum Gasteiger partial charge on any atom is 0.290 e. The maximum atomic E-state index is 13.8. The van der Waals surface area contributed by atoms with Crippen molar-refractivity contribution in [1.29, 1.82) is 0 Å². The zero-order chi connectivity index (χ0) is 26.0. The van der Waals surface area contributed by atoms with Gasteiger partial charge in [-0.1, -0.05) is 31.5 Å². The Morgan fingerprint density at radius 3 is 2.50 bits per heavy atom. The number of amides is 1. The molecule has 0 saturated heterocycles. The van der Waals surface area contributed by atoms with E-state index in [0.717, 1.165) is 37.2 Å². The van der Waals surface area contributed by atoms with Gasteiger partial charge < -0.3 is 23.7 Å². The minimum absolute atomic E-state index is 0.0925. The molecule has 2 heterocycles. The first-order chi connectivity index (χ1) is 17.3. The Kier molecular flexibility index (Phi) is 7.91. The van der Waals surface area contributed by atoms with Gasteiger partial charge in [0.25, 0.3) is 5.91 Å². The van der Waals surface area contributed by atoms with E-state index in [2.05, 4.69) is 18.7 Å². The number of carbonyl (C=O) groups is 1. The van der Waals surface area contributed by atoms with Crippen LogP contribution in [-0.2, 0) is 0 Å². The molecule has 0 saturated carbocycles. The average Bonchev–Trinajstić information content (AvgIpc) is 3.15. The molecule has 192 valence electrons. The van der Waals surface area contributed by atoms with Crippen molar-refractivity contribution in [2.45, 2.75) is 40.2 Å². The lowest BCUT2D eigenvalue weighted by Crippen LogP contribution is -2.33. The number of methoxy groups -OCH3 is 1. The number of hydrogen-bond donors (Lipinski definition) is 0. The fourth-order valence-corrected chi connectivity index (χ4v) is 5.02. The molecule has 0 N–H and O–H groups in total. The second-order valence-corrected chi connectivity index (χ2v) is 9.30. The molecule has 0 fully saturated rings. The van der Waals surface area contributed by atoms with Gasteiger partial charge in [0.05, 0.1) is 30.7 Å². The van der Waals surface area contributed by atoms with Gasteiger partial charge in [0.15, 0.2) is 16.9 Å². The molecule has 2 aromatic carbocycles. The predicted octanol–water partition coefficient (Wildman–Crippen LogP) is 5.44. The third kappa shape index (κ3) is 4.70. The molecular weight excluding hydrogens is 480 g/mol. The zero-order valence-electron chi connectivity index (χ0n) is 21.5. The van der Waals surface area contributed by atoms with E-state index in [0.29, 0.717) is 46.2 Å². The maximum absolute atomic E-state index is 13.8. The molecule has 1 amide bonds. The van der Waals surface area contributed by atoms with Crippen LogP contribution in [0.5, 0.6) is 11.5 Å². The Morgan fingerprint density at radius 2 is 1.83 bits per heavy atom. The Balaban J connectivity index is 1.85. The van der Waals surface area contributed by atoms with Crippen molar-refractivity contribution in [3.05, 3.63) is 68.0 Å². The van der Waals surface area contributed by atoms with Gasteiger partial charge in [0.2, 0.25) is 5.76 Å². The van der Waals surface area contributed by atoms with Crippen molar-refractivity contribution in [2.24, 2.45) is 0 Å². The fourth-order valence-electron chi connectivity index (χ4n) is 4.85. The number of carbonyl (C=O) groups excluding carboxylic acids is 1. The van der Waals surface area contributed by atoms with Crippen LogP contribution in [0.15, 0.2) is 39.5 Å². The molecule has 0 spiro atoms. The minimum Gasteiger partial charge on any atom is -0.493 e. The van der Waals surface area contributed by atoms with Crippen molar-refractivity contribution < 1.29 is 18.7 Å². The standard InChI is InChI=1S/C28H33ClN2O5/c1-6-30(7-2)12-9-13-31-25(18-10-11-21(35-8-3)23(15-18)34-5)24-26(32)19-16-20(29)17(4)14-22(19)36-27(24)28(31)33/h10-11,14-16,25H,6-9,12-13H2,1-5H3. The first-order valence-corrected chi connectivity index (χ1v) is 12.8. The van der Waals surface area contributed by atoms with Crippen LogP contribution < -0.4 is 14.9 Å². The molecule has 8 heteroatoms. The topological polar surface area (TPSA) is 72.2 Å². The van der Waals surface area contributed by atoms with Gasteiger partial charge in [-0.05, 0) is 75.3 Å². The summed E-state index contributed by atoms with van der Waals surface area (Å²) in [5.74, 6) is 0.959. The van der Waals surface area contributed by atoms with Gasteiger partial charge in [-0.15, -0.1) is 0 Å². The van der Waals surface area contributed by atoms with Crippen LogP contribution in [0.4, 0.5) is 0 Å². The third-order valence-corrected chi connectivity index (χ3v) is 7.23. The van der Waals surface area contributed by atoms with E-state index < -0.39 is 6.04 Å². The molecular formula is C28H33ClN2O5. The second-order valence-electron chi connectivity index (χ2n) is 8.90. The van der Waals surface area contributed by atoms with Crippen molar-refractivity contribution in [3.8, 4) is 11.5 Å². The number of hydrogen-bond acceptors (Lipinski definition) is 6. The Hall–Kier alpha value is -3.03. The second kappa shape index (κ2) is 10.9. The number of benzene rings is 2. The highest BCUT2D eigenvalue weighted by Gasteiger charge is 2.42. The van der Waals surface area contributed by atoms with Crippen LogP contribution in [0.2, 0.25) is 5.02 Å². The Morgan fingerprint density at radius 1 is 1.08 bits per heavy atom. The van der Waals surface area contributed by atoms with E-state index in [9.17, 15) is 9.59 Å². The molecule has 7 nitrogen and oxygen atoms in total. The number of aryl methyl sites for hydroxylation is 1. The Labute approximate surface area is 216 Å². The Bertz CT molecular complexity index is 1330. The largest absolute Gasteiger partial charge is 0.493 e. The molecule has 4 rings (SSSR count).